The van der Waals surface area contributed by atoms with Crippen LogP contribution in [-0.2, 0) is 33.3 Å². The zero-order valence-electron chi connectivity index (χ0n) is 27.8. The SMILES string of the molecule is C=CC1C(OC2OC(CO)C(O)C(O)(O)C2OCNC)OC=C(C(=O)OC)C1C=CC1=C(NC(N)=NCCCO)C(C(=O)O)=C[NH+](CCO)C1. The smallest absolute Gasteiger partial charge is 0.343 e. The molecule has 0 saturated carbocycles. The van der Waals surface area contributed by atoms with Crippen LogP contribution in [0.5, 0.6) is 0 Å². The van der Waals surface area contributed by atoms with Crippen molar-refractivity contribution in [3.63, 3.8) is 0 Å². The highest BCUT2D eigenvalue weighted by atomic mass is 16.8. The monoisotopic (exact) mass is 714 g/mol. The molecule has 0 spiro atoms. The van der Waals surface area contributed by atoms with Gasteiger partial charge in [0.15, 0.2) is 18.4 Å². The van der Waals surface area contributed by atoms with Crippen LogP contribution in [0.2, 0.25) is 0 Å². The van der Waals surface area contributed by atoms with E-state index in [1.165, 1.54) is 26.4 Å². The molecule has 3 heterocycles. The Bertz CT molecular complexity index is 1350. The molecule has 3 aliphatic heterocycles. The zero-order chi connectivity index (χ0) is 37.0. The van der Waals surface area contributed by atoms with Crippen LogP contribution >= 0.6 is 0 Å². The van der Waals surface area contributed by atoms with Gasteiger partial charge in [-0.05, 0) is 13.5 Å². The number of esters is 1. The average Bonchev–Trinajstić information content (AvgIpc) is 3.09. The number of aliphatic hydroxyl groups excluding tert-OH is 4. The fourth-order valence-corrected chi connectivity index (χ4v) is 5.57. The molecule has 50 heavy (non-hydrogen) atoms. The van der Waals surface area contributed by atoms with Gasteiger partial charge in [0.05, 0.1) is 50.5 Å². The van der Waals surface area contributed by atoms with E-state index in [4.69, 9.17) is 34.5 Å². The number of nitrogens with zero attached hydrogens (tertiary/aromatic N) is 1. The molecule has 1 saturated heterocycles. The normalized spacial score (nSPS) is 30.0. The highest BCUT2D eigenvalue weighted by molar-refractivity contribution is 5.94. The number of carbonyl (C=O) groups is 2. The van der Waals surface area contributed by atoms with Crippen molar-refractivity contribution in [2.75, 3.05) is 60.3 Å². The number of rotatable bonds is 17. The molecular formula is C31H48N5O14+. The Hall–Kier alpha value is -3.73. The zero-order valence-corrected chi connectivity index (χ0v) is 27.8. The summed E-state index contributed by atoms with van der Waals surface area (Å²) >= 11 is 0. The molecule has 0 radical (unpaired) electrons. The Morgan fingerprint density at radius 3 is 2.58 bits per heavy atom. The van der Waals surface area contributed by atoms with Crippen molar-refractivity contribution in [3.05, 3.63) is 59.7 Å². The lowest BCUT2D eigenvalue weighted by Gasteiger charge is -2.47. The van der Waals surface area contributed by atoms with Gasteiger partial charge < -0.3 is 75.4 Å². The van der Waals surface area contributed by atoms with Crippen LogP contribution in [0.25, 0.3) is 0 Å². The van der Waals surface area contributed by atoms with Crippen LogP contribution in [0.3, 0.4) is 0 Å². The second-order valence-electron chi connectivity index (χ2n) is 11.5. The number of carboxylic acids is 1. The predicted molar refractivity (Wildman–Crippen MR) is 172 cm³/mol. The first kappa shape index (κ1) is 40.7. The van der Waals surface area contributed by atoms with Crippen molar-refractivity contribution in [1.82, 2.24) is 10.6 Å². The standard InChI is InChI=1S/C31H47N5O14/c1-4-18-19(7-6-17-12-36(9-11-38)13-20(26(41)42)23(17)35-30(32)34-8-5-10-37)21(27(43)46-3)15-47-28(18)50-29-25(48-16-33-2)31(44,45)24(40)22(14-39)49-29/h4,6-7,13,15,18-19,22,24-25,28-29,33,37-40,44-45H,1,5,8-12,14,16H2,2-3H3,(H,41,42)(H3,32,34,35)/p+1. The number of hydrogen-bond donors (Lipinski definition) is 11. The maximum atomic E-state index is 12.9. The van der Waals surface area contributed by atoms with Gasteiger partial charge in [-0.15, -0.1) is 6.58 Å². The molecule has 12 N–H and O–H groups in total. The van der Waals surface area contributed by atoms with Crippen LogP contribution in [-0.4, -0.2) is 151 Å². The lowest BCUT2D eigenvalue weighted by Crippen LogP contribution is -3.09. The van der Waals surface area contributed by atoms with Gasteiger partial charge in [0, 0.05) is 24.6 Å². The van der Waals surface area contributed by atoms with Gasteiger partial charge in [0.2, 0.25) is 12.1 Å². The van der Waals surface area contributed by atoms with E-state index in [1.54, 1.807) is 12.2 Å². The molecule has 0 aromatic rings. The molecule has 0 aromatic heterocycles. The topological polar surface area (TPSA) is 289 Å². The number of nitrogens with two attached hydrogens (primary N) is 1. The van der Waals surface area contributed by atoms with Gasteiger partial charge >= 0.3 is 11.9 Å². The summed E-state index contributed by atoms with van der Waals surface area (Å²) in [5, 5.41) is 76.0. The number of quaternary nitrogens is 1. The molecule has 3 aliphatic rings. The maximum Gasteiger partial charge on any atom is 0.343 e. The number of aliphatic imine (C=N–C) groups is 1. The fraction of sp³-hybridized carbons (Fsp3) is 0.581. The van der Waals surface area contributed by atoms with E-state index in [0.717, 1.165) is 6.26 Å². The molecule has 280 valence electrons. The second-order valence-corrected chi connectivity index (χ2v) is 11.5. The Morgan fingerprint density at radius 1 is 1.24 bits per heavy atom. The summed E-state index contributed by atoms with van der Waals surface area (Å²) in [7, 11) is 2.69. The highest BCUT2D eigenvalue weighted by Crippen LogP contribution is 2.38. The highest BCUT2D eigenvalue weighted by Gasteiger charge is 2.57. The van der Waals surface area contributed by atoms with E-state index in [9.17, 15) is 40.2 Å². The number of nitrogens with one attached hydrogen (secondary N) is 3. The molecule has 0 aliphatic carbocycles. The summed E-state index contributed by atoms with van der Waals surface area (Å²) < 4.78 is 27.9. The third kappa shape index (κ3) is 9.74. The summed E-state index contributed by atoms with van der Waals surface area (Å²) in [6.07, 6.45) is -0.734. The first-order chi connectivity index (χ1) is 23.9. The summed E-state index contributed by atoms with van der Waals surface area (Å²) in [5.41, 5.74) is 6.42. The lowest BCUT2D eigenvalue weighted by molar-refractivity contribution is -0.843. The Labute approximate surface area is 288 Å². The van der Waals surface area contributed by atoms with Crippen LogP contribution in [0, 0.1) is 11.8 Å². The first-order valence-corrected chi connectivity index (χ1v) is 15.8. The molecule has 19 nitrogen and oxygen atoms in total. The summed E-state index contributed by atoms with van der Waals surface area (Å²) in [6, 6.07) is 0. The largest absolute Gasteiger partial charge is 0.477 e. The third-order valence-corrected chi connectivity index (χ3v) is 8.10. The van der Waals surface area contributed by atoms with Gasteiger partial charge in [-0.25, -0.2) is 9.59 Å². The van der Waals surface area contributed by atoms with E-state index < -0.39 is 67.1 Å². The number of guanidine groups is 1. The minimum Gasteiger partial charge on any atom is -0.477 e. The fourth-order valence-electron chi connectivity index (χ4n) is 5.57. The number of hydrogen-bond acceptors (Lipinski definition) is 15. The predicted octanol–water partition coefficient (Wildman–Crippen LogP) is -4.89. The minimum absolute atomic E-state index is 0.0212. The van der Waals surface area contributed by atoms with Crippen molar-refractivity contribution >= 4 is 17.9 Å². The number of carboxylic acid groups (broad SMARTS) is 1. The number of methoxy groups -OCH3 is 1. The van der Waals surface area contributed by atoms with E-state index in [1.807, 2.05) is 0 Å². The van der Waals surface area contributed by atoms with E-state index in [-0.39, 0.29) is 62.4 Å². The van der Waals surface area contributed by atoms with Crippen LogP contribution in [0.4, 0.5) is 0 Å². The number of carbonyl (C=O) groups excluding carboxylic acids is 1. The molecular weight excluding hydrogens is 666 g/mol. The van der Waals surface area contributed by atoms with Crippen molar-refractivity contribution in [3.8, 4) is 0 Å². The Morgan fingerprint density at radius 2 is 1.98 bits per heavy atom. The quantitative estimate of drug-likeness (QED) is 0.0168. The van der Waals surface area contributed by atoms with Crippen LogP contribution in [0.15, 0.2) is 64.7 Å². The van der Waals surface area contributed by atoms with Crippen molar-refractivity contribution in [2.45, 2.75) is 43.1 Å². The van der Waals surface area contributed by atoms with Crippen molar-refractivity contribution in [2.24, 2.45) is 22.6 Å². The molecule has 8 atom stereocenters. The van der Waals surface area contributed by atoms with Gasteiger partial charge in [0.1, 0.15) is 37.1 Å². The molecule has 3 rings (SSSR count). The van der Waals surface area contributed by atoms with Gasteiger partial charge in [-0.2, -0.15) is 0 Å². The summed E-state index contributed by atoms with van der Waals surface area (Å²) in [5.74, 6) is -6.91. The number of ether oxygens (including phenoxy) is 5. The van der Waals surface area contributed by atoms with E-state index in [2.05, 4.69) is 22.2 Å². The molecule has 8 unspecified atom stereocenters. The van der Waals surface area contributed by atoms with Gasteiger partial charge in [-0.1, -0.05) is 18.2 Å². The first-order valence-electron chi connectivity index (χ1n) is 15.8. The molecule has 0 amide bonds. The molecule has 0 aromatic carbocycles. The van der Waals surface area contributed by atoms with Crippen molar-refractivity contribution < 1.29 is 73.9 Å². The Kier molecular flexibility index (Phi) is 15.5. The third-order valence-electron chi connectivity index (χ3n) is 8.10. The number of aliphatic carboxylic acids is 1. The number of aliphatic hydroxyl groups is 6. The Balaban J connectivity index is 2.06. The summed E-state index contributed by atoms with van der Waals surface area (Å²) in [4.78, 5) is 30.0. The van der Waals surface area contributed by atoms with Gasteiger partial charge in [-0.3, -0.25) is 10.3 Å². The second kappa shape index (κ2) is 19.0. The van der Waals surface area contributed by atoms with Gasteiger partial charge in [0.25, 0.3) is 0 Å². The molecule has 0 bridgehead atoms. The van der Waals surface area contributed by atoms with Crippen LogP contribution < -0.4 is 21.3 Å². The van der Waals surface area contributed by atoms with Crippen LogP contribution in [0.1, 0.15) is 6.42 Å². The summed E-state index contributed by atoms with van der Waals surface area (Å²) in [6.45, 7) is 3.02. The van der Waals surface area contributed by atoms with Crippen molar-refractivity contribution in [1.29, 1.82) is 0 Å². The molecule has 19 heteroatoms. The average molecular weight is 715 g/mol. The van der Waals surface area contributed by atoms with E-state index in [0.29, 0.717) is 16.9 Å². The maximum absolute atomic E-state index is 12.9. The number of allylic oxidation sites excluding steroid dienone is 1. The van der Waals surface area contributed by atoms with E-state index >= 15 is 0 Å². The molecule has 1 fully saturated rings. The lowest BCUT2D eigenvalue weighted by atomic mass is 9.83. The minimum atomic E-state index is -2.93.